The zero-order valence-electron chi connectivity index (χ0n) is 19.9. The van der Waals surface area contributed by atoms with Crippen LogP contribution in [0.2, 0.25) is 5.02 Å². The van der Waals surface area contributed by atoms with Gasteiger partial charge in [0, 0.05) is 31.1 Å². The Bertz CT molecular complexity index is 1200. The first-order chi connectivity index (χ1) is 16.7. The number of benzene rings is 2. The van der Waals surface area contributed by atoms with Crippen molar-refractivity contribution in [3.05, 3.63) is 64.7 Å². The van der Waals surface area contributed by atoms with Gasteiger partial charge in [0.05, 0.1) is 5.56 Å². The quantitative estimate of drug-likeness (QED) is 0.457. The average molecular weight is 520 g/mol. The maximum absolute atomic E-state index is 13.4. The summed E-state index contributed by atoms with van der Waals surface area (Å²) in [5.74, 6) is -1.38. The zero-order valence-corrected chi connectivity index (χ0v) is 21.4. The lowest BCUT2D eigenvalue weighted by Crippen LogP contribution is -2.49. The van der Waals surface area contributed by atoms with Gasteiger partial charge in [-0.15, -0.1) is 0 Å². The molecule has 3 amide bonds. The summed E-state index contributed by atoms with van der Waals surface area (Å²) < 4.78 is 26.4. The zero-order chi connectivity index (χ0) is 25.6. The van der Waals surface area contributed by atoms with E-state index in [1.54, 1.807) is 36.4 Å². The van der Waals surface area contributed by atoms with Crippen molar-refractivity contribution in [2.24, 2.45) is 0 Å². The number of hydrogen-bond donors (Lipinski definition) is 1. The SMILES string of the molecule is CCCCNC(=O)C(CC)N(Cc1ccccc1Cl)C(=O)CCN1C(=O)c2ccccc2S1(=O)=O. The van der Waals surface area contributed by atoms with E-state index in [1.165, 1.54) is 17.0 Å². The molecule has 10 heteroatoms. The predicted molar refractivity (Wildman–Crippen MR) is 133 cm³/mol. The van der Waals surface area contributed by atoms with E-state index in [2.05, 4.69) is 5.32 Å². The average Bonchev–Trinajstić information content (AvgIpc) is 3.03. The number of hydrogen-bond acceptors (Lipinski definition) is 5. The fourth-order valence-corrected chi connectivity index (χ4v) is 5.79. The van der Waals surface area contributed by atoms with Crippen LogP contribution in [-0.4, -0.2) is 54.5 Å². The Morgan fingerprint density at radius 2 is 1.77 bits per heavy atom. The highest BCUT2D eigenvalue weighted by atomic mass is 35.5. The molecular weight excluding hydrogens is 490 g/mol. The third-order valence-corrected chi connectivity index (χ3v) is 8.16. The molecule has 2 aromatic carbocycles. The van der Waals surface area contributed by atoms with E-state index in [0.717, 1.165) is 17.1 Å². The molecule has 1 aliphatic heterocycles. The molecule has 0 fully saturated rings. The van der Waals surface area contributed by atoms with Crippen molar-refractivity contribution in [3.8, 4) is 0 Å². The first kappa shape index (κ1) is 26.7. The molecular formula is C25H30ClN3O5S. The molecule has 35 heavy (non-hydrogen) atoms. The molecule has 0 aliphatic carbocycles. The van der Waals surface area contributed by atoms with Gasteiger partial charge in [0.1, 0.15) is 10.9 Å². The predicted octanol–water partition coefficient (Wildman–Crippen LogP) is 3.60. The van der Waals surface area contributed by atoms with Crippen molar-refractivity contribution in [2.75, 3.05) is 13.1 Å². The van der Waals surface area contributed by atoms with Crippen molar-refractivity contribution in [3.63, 3.8) is 0 Å². The molecule has 1 unspecified atom stereocenters. The van der Waals surface area contributed by atoms with Gasteiger partial charge in [0.15, 0.2) is 0 Å². The minimum Gasteiger partial charge on any atom is -0.354 e. The number of amides is 3. The summed E-state index contributed by atoms with van der Waals surface area (Å²) in [7, 11) is -4.03. The second-order valence-corrected chi connectivity index (χ2v) is 10.5. The largest absolute Gasteiger partial charge is 0.354 e. The second kappa shape index (κ2) is 11.7. The minimum absolute atomic E-state index is 0.0629. The molecule has 1 aliphatic rings. The van der Waals surface area contributed by atoms with Gasteiger partial charge in [0.2, 0.25) is 11.8 Å². The molecule has 188 valence electrons. The van der Waals surface area contributed by atoms with Crippen LogP contribution < -0.4 is 5.32 Å². The monoisotopic (exact) mass is 519 g/mol. The van der Waals surface area contributed by atoms with E-state index >= 15 is 0 Å². The topological polar surface area (TPSA) is 104 Å². The summed E-state index contributed by atoms with van der Waals surface area (Å²) in [6.45, 7) is 4.09. The second-order valence-electron chi connectivity index (χ2n) is 8.31. The smallest absolute Gasteiger partial charge is 0.269 e. The van der Waals surface area contributed by atoms with Crippen molar-refractivity contribution in [1.29, 1.82) is 0 Å². The van der Waals surface area contributed by atoms with Gasteiger partial charge in [-0.3, -0.25) is 14.4 Å². The van der Waals surface area contributed by atoms with Crippen LogP contribution in [0.5, 0.6) is 0 Å². The van der Waals surface area contributed by atoms with Crippen molar-refractivity contribution >= 4 is 39.3 Å². The summed E-state index contributed by atoms with van der Waals surface area (Å²) in [5.41, 5.74) is 0.759. The Balaban J connectivity index is 1.82. The first-order valence-electron chi connectivity index (χ1n) is 11.7. The van der Waals surface area contributed by atoms with Crippen LogP contribution in [0.15, 0.2) is 53.4 Å². The van der Waals surface area contributed by atoms with Crippen LogP contribution >= 0.6 is 11.6 Å². The summed E-state index contributed by atoms with van der Waals surface area (Å²) in [5, 5.41) is 3.33. The number of rotatable bonds is 11. The molecule has 8 nitrogen and oxygen atoms in total. The molecule has 0 radical (unpaired) electrons. The van der Waals surface area contributed by atoms with E-state index in [1.807, 2.05) is 13.8 Å². The summed E-state index contributed by atoms with van der Waals surface area (Å²) in [6.07, 6.45) is 1.83. The van der Waals surface area contributed by atoms with Gasteiger partial charge in [-0.05, 0) is 36.6 Å². The van der Waals surface area contributed by atoms with E-state index in [9.17, 15) is 22.8 Å². The first-order valence-corrected chi connectivity index (χ1v) is 13.5. The number of carbonyl (C=O) groups is 3. The Hall–Kier alpha value is -2.91. The number of fused-ring (bicyclic) bond motifs is 1. The minimum atomic E-state index is -4.03. The fraction of sp³-hybridized carbons (Fsp3) is 0.400. The molecule has 0 bridgehead atoms. The van der Waals surface area contributed by atoms with E-state index in [4.69, 9.17) is 11.6 Å². The molecule has 0 saturated heterocycles. The van der Waals surface area contributed by atoms with Crippen LogP contribution in [0.25, 0.3) is 0 Å². The Kier molecular flexibility index (Phi) is 8.91. The van der Waals surface area contributed by atoms with Gasteiger partial charge in [-0.2, -0.15) is 0 Å². The molecule has 2 aromatic rings. The van der Waals surface area contributed by atoms with Crippen molar-refractivity contribution in [1.82, 2.24) is 14.5 Å². The Labute approximate surface area is 211 Å². The van der Waals surface area contributed by atoms with Gasteiger partial charge in [-0.1, -0.05) is 62.2 Å². The normalized spacial score (nSPS) is 14.9. The number of unbranched alkanes of at least 4 members (excludes halogenated alkanes) is 1. The van der Waals surface area contributed by atoms with Crippen LogP contribution in [0.1, 0.15) is 55.5 Å². The number of carbonyl (C=O) groups excluding carboxylic acids is 3. The lowest BCUT2D eigenvalue weighted by molar-refractivity contribution is -0.141. The maximum Gasteiger partial charge on any atom is 0.269 e. The Morgan fingerprint density at radius 1 is 1.09 bits per heavy atom. The summed E-state index contributed by atoms with van der Waals surface area (Å²) >= 11 is 6.32. The maximum atomic E-state index is 13.4. The van der Waals surface area contributed by atoms with Crippen LogP contribution in [0.4, 0.5) is 0 Å². The fourth-order valence-electron chi connectivity index (χ4n) is 4.03. The molecule has 0 aromatic heterocycles. The Morgan fingerprint density at radius 3 is 2.43 bits per heavy atom. The molecule has 1 atom stereocenters. The highest BCUT2D eigenvalue weighted by Crippen LogP contribution is 2.30. The van der Waals surface area contributed by atoms with Gasteiger partial charge in [0.25, 0.3) is 15.9 Å². The van der Waals surface area contributed by atoms with Gasteiger partial charge < -0.3 is 10.2 Å². The van der Waals surface area contributed by atoms with Gasteiger partial charge >= 0.3 is 0 Å². The molecule has 1 N–H and O–H groups in total. The van der Waals surface area contributed by atoms with E-state index in [0.29, 0.717) is 23.6 Å². The standard InChI is InChI=1S/C25H30ClN3O5S/c1-3-5-15-27-24(31)21(4-2)28(17-18-10-6-8-12-20(18)26)23(30)14-16-29-25(32)19-11-7-9-13-22(19)35(29,33)34/h6-13,21H,3-5,14-17H2,1-2H3,(H,27,31). The lowest BCUT2D eigenvalue weighted by Gasteiger charge is -2.31. The van der Waals surface area contributed by atoms with Crippen molar-refractivity contribution < 1.29 is 22.8 Å². The summed E-state index contributed by atoms with van der Waals surface area (Å²) in [4.78, 5) is 40.4. The highest BCUT2D eigenvalue weighted by Gasteiger charge is 2.41. The highest BCUT2D eigenvalue weighted by molar-refractivity contribution is 7.90. The number of sulfonamides is 1. The number of nitrogens with zero attached hydrogens (tertiary/aromatic N) is 2. The molecule has 1 heterocycles. The van der Waals surface area contributed by atoms with Crippen LogP contribution in [-0.2, 0) is 26.2 Å². The summed E-state index contributed by atoms with van der Waals surface area (Å²) in [6, 6.07) is 12.2. The van der Waals surface area contributed by atoms with Crippen molar-refractivity contribution in [2.45, 2.75) is 57.0 Å². The third kappa shape index (κ3) is 5.85. The lowest BCUT2D eigenvalue weighted by atomic mass is 10.1. The van der Waals surface area contributed by atoms with Crippen LogP contribution in [0.3, 0.4) is 0 Å². The molecule has 3 rings (SSSR count). The number of nitrogens with one attached hydrogen (secondary N) is 1. The van der Waals surface area contributed by atoms with E-state index < -0.39 is 27.9 Å². The molecule has 0 spiro atoms. The number of halogens is 1. The molecule has 0 saturated carbocycles. The van der Waals surface area contributed by atoms with E-state index in [-0.39, 0.29) is 35.9 Å². The third-order valence-electron chi connectivity index (χ3n) is 5.95. The van der Waals surface area contributed by atoms with Crippen LogP contribution in [0, 0.1) is 0 Å². The van der Waals surface area contributed by atoms with Gasteiger partial charge in [-0.25, -0.2) is 12.7 Å².